The number of amides is 1. The van der Waals surface area contributed by atoms with E-state index in [0.717, 1.165) is 16.7 Å². The lowest BCUT2D eigenvalue weighted by Crippen LogP contribution is -2.17. The number of carbonyl (C=O) groups is 1. The molecule has 30 heavy (non-hydrogen) atoms. The van der Waals surface area contributed by atoms with E-state index in [1.165, 1.54) is 18.2 Å². The van der Waals surface area contributed by atoms with E-state index in [-0.39, 0.29) is 18.2 Å². The number of benzene rings is 3. The van der Waals surface area contributed by atoms with Gasteiger partial charge in [0.1, 0.15) is 5.75 Å². The number of hydrogen-bond acceptors (Lipinski definition) is 3. The van der Waals surface area contributed by atoms with Gasteiger partial charge in [0.2, 0.25) is 5.91 Å². The number of carbonyl (C=O) groups excluding carboxylic acids is 1. The lowest BCUT2D eigenvalue weighted by molar-refractivity contribution is -0.274. The molecule has 3 N–H and O–H groups in total. The lowest BCUT2D eigenvalue weighted by Gasteiger charge is -2.11. The number of nitrogens with one attached hydrogen (secondary N) is 1. The van der Waals surface area contributed by atoms with Gasteiger partial charge < -0.3 is 15.8 Å². The molecule has 0 bridgehead atoms. The maximum atomic E-state index is 12.3. The van der Waals surface area contributed by atoms with E-state index in [4.69, 9.17) is 5.73 Å². The third kappa shape index (κ3) is 6.79. The Labute approximate surface area is 178 Å². The minimum absolute atomic E-state index is 0. The second-order valence-electron chi connectivity index (χ2n) is 6.44. The Morgan fingerprint density at radius 1 is 0.867 bits per heavy atom. The summed E-state index contributed by atoms with van der Waals surface area (Å²) in [4.78, 5) is 11.3. The van der Waals surface area contributed by atoms with Gasteiger partial charge in [-0.3, -0.25) is 4.79 Å². The average Bonchev–Trinajstić information content (AvgIpc) is 2.68. The van der Waals surface area contributed by atoms with Gasteiger partial charge in [-0.05, 0) is 46.5 Å². The molecule has 1 amide bonds. The topological polar surface area (TPSA) is 64.4 Å². The molecule has 0 saturated carbocycles. The molecule has 0 spiro atoms. The molecule has 0 fully saturated rings. The van der Waals surface area contributed by atoms with Crippen molar-refractivity contribution in [2.24, 2.45) is 5.73 Å². The van der Waals surface area contributed by atoms with Crippen molar-refractivity contribution < 1.29 is 22.7 Å². The van der Waals surface area contributed by atoms with Gasteiger partial charge in [-0.25, -0.2) is 0 Å². The molecule has 0 aliphatic heterocycles. The number of nitrogens with two attached hydrogens (primary N) is 1. The number of hydrogen-bond donors (Lipinski definition) is 2. The normalized spacial score (nSPS) is 10.9. The fourth-order valence-electron chi connectivity index (χ4n) is 2.87. The maximum absolute atomic E-state index is 12.3. The second-order valence-corrected chi connectivity index (χ2v) is 6.44. The largest absolute Gasteiger partial charge is 0.573 e. The van der Waals surface area contributed by atoms with Crippen molar-refractivity contribution in [2.45, 2.75) is 19.5 Å². The summed E-state index contributed by atoms with van der Waals surface area (Å²) in [5.41, 5.74) is 9.31. The third-order valence-electron chi connectivity index (χ3n) is 4.22. The summed E-state index contributed by atoms with van der Waals surface area (Å²) in [5, 5.41) is 3.19. The number of alkyl halides is 3. The minimum Gasteiger partial charge on any atom is -0.406 e. The molecule has 0 aliphatic rings. The van der Waals surface area contributed by atoms with Crippen LogP contribution in [0.2, 0.25) is 0 Å². The zero-order valence-corrected chi connectivity index (χ0v) is 16.6. The SMILES string of the molecule is Cl.NC(=O)c1cccc(-c2ccc(CNCc3cccc(OC(F)(F)F)c3)cc2)c1. The van der Waals surface area contributed by atoms with Crippen LogP contribution >= 0.6 is 12.4 Å². The summed E-state index contributed by atoms with van der Waals surface area (Å²) in [6.07, 6.45) is -4.70. The van der Waals surface area contributed by atoms with E-state index in [1.807, 2.05) is 30.3 Å². The highest BCUT2D eigenvalue weighted by molar-refractivity contribution is 5.94. The molecular formula is C22H20ClF3N2O2. The Hall–Kier alpha value is -3.03. The van der Waals surface area contributed by atoms with Crippen LogP contribution in [0.15, 0.2) is 72.8 Å². The van der Waals surface area contributed by atoms with E-state index in [9.17, 15) is 18.0 Å². The van der Waals surface area contributed by atoms with Crippen molar-refractivity contribution in [3.63, 3.8) is 0 Å². The molecule has 3 rings (SSSR count). The molecule has 0 atom stereocenters. The number of primary amides is 1. The molecule has 3 aromatic rings. The van der Waals surface area contributed by atoms with Crippen LogP contribution < -0.4 is 15.8 Å². The van der Waals surface area contributed by atoms with Crippen LogP contribution in [0.4, 0.5) is 13.2 Å². The van der Waals surface area contributed by atoms with Gasteiger partial charge in [0.15, 0.2) is 0 Å². The van der Waals surface area contributed by atoms with Gasteiger partial charge >= 0.3 is 6.36 Å². The van der Waals surface area contributed by atoms with Crippen LogP contribution in [-0.4, -0.2) is 12.3 Å². The molecule has 0 heterocycles. The number of ether oxygens (including phenoxy) is 1. The van der Waals surface area contributed by atoms with Crippen LogP contribution in [0.1, 0.15) is 21.5 Å². The summed E-state index contributed by atoms with van der Waals surface area (Å²) in [5.74, 6) is -0.711. The predicted octanol–water partition coefficient (Wildman–Crippen LogP) is 5.06. The summed E-state index contributed by atoms with van der Waals surface area (Å²) >= 11 is 0. The predicted molar refractivity (Wildman–Crippen MR) is 111 cm³/mol. The maximum Gasteiger partial charge on any atom is 0.573 e. The fourth-order valence-corrected chi connectivity index (χ4v) is 2.87. The molecule has 3 aromatic carbocycles. The number of halogens is 4. The van der Waals surface area contributed by atoms with Gasteiger partial charge in [-0.15, -0.1) is 25.6 Å². The molecule has 4 nitrogen and oxygen atoms in total. The molecule has 0 aliphatic carbocycles. The fraction of sp³-hybridized carbons (Fsp3) is 0.136. The first-order valence-corrected chi connectivity index (χ1v) is 8.85. The Morgan fingerprint density at radius 3 is 2.20 bits per heavy atom. The van der Waals surface area contributed by atoms with Crippen molar-refractivity contribution in [1.29, 1.82) is 0 Å². The smallest absolute Gasteiger partial charge is 0.406 e. The van der Waals surface area contributed by atoms with Gasteiger partial charge in [-0.2, -0.15) is 0 Å². The zero-order chi connectivity index (χ0) is 20.9. The van der Waals surface area contributed by atoms with Crippen LogP contribution in [0, 0.1) is 0 Å². The lowest BCUT2D eigenvalue weighted by atomic mass is 10.0. The van der Waals surface area contributed by atoms with Crippen LogP contribution in [0.3, 0.4) is 0 Å². The van der Waals surface area contributed by atoms with Crippen LogP contribution in [0.25, 0.3) is 11.1 Å². The standard InChI is InChI=1S/C22H19F3N2O2.ClH/c23-22(24,25)29-20-6-1-3-16(11-20)14-27-13-15-7-9-17(10-8-15)18-4-2-5-19(12-18)21(26)28;/h1-12,27H,13-14H2,(H2,26,28);1H. The van der Waals surface area contributed by atoms with Crippen LogP contribution in [0.5, 0.6) is 5.75 Å². The Balaban J connectivity index is 0.00000320. The highest BCUT2D eigenvalue weighted by atomic mass is 35.5. The van der Waals surface area contributed by atoms with E-state index < -0.39 is 12.3 Å². The molecule has 0 saturated heterocycles. The molecule has 158 valence electrons. The highest BCUT2D eigenvalue weighted by Gasteiger charge is 2.31. The van der Waals surface area contributed by atoms with Crippen molar-refractivity contribution >= 4 is 18.3 Å². The number of rotatable bonds is 7. The van der Waals surface area contributed by atoms with Gasteiger partial charge in [0.25, 0.3) is 0 Å². The molecule has 0 aromatic heterocycles. The van der Waals surface area contributed by atoms with Crippen molar-refractivity contribution in [2.75, 3.05) is 0 Å². The van der Waals surface area contributed by atoms with E-state index in [0.29, 0.717) is 24.2 Å². The van der Waals surface area contributed by atoms with E-state index >= 15 is 0 Å². The first-order chi connectivity index (χ1) is 13.8. The molecule has 8 heteroatoms. The highest BCUT2D eigenvalue weighted by Crippen LogP contribution is 2.24. The Kier molecular flexibility index (Phi) is 7.86. The average molecular weight is 437 g/mol. The Morgan fingerprint density at radius 2 is 1.53 bits per heavy atom. The monoisotopic (exact) mass is 436 g/mol. The quantitative estimate of drug-likeness (QED) is 0.544. The van der Waals surface area contributed by atoms with E-state index in [1.54, 1.807) is 24.3 Å². The summed E-state index contributed by atoms with van der Waals surface area (Å²) in [7, 11) is 0. The van der Waals surface area contributed by atoms with Gasteiger partial charge in [0.05, 0.1) is 0 Å². The molecular weight excluding hydrogens is 417 g/mol. The summed E-state index contributed by atoms with van der Waals surface area (Å²) in [6.45, 7) is 0.948. The van der Waals surface area contributed by atoms with Gasteiger partial charge in [-0.1, -0.05) is 48.5 Å². The molecule has 0 unspecified atom stereocenters. The summed E-state index contributed by atoms with van der Waals surface area (Å²) < 4.78 is 40.8. The second kappa shape index (κ2) is 10.1. The van der Waals surface area contributed by atoms with E-state index in [2.05, 4.69) is 10.1 Å². The Bertz CT molecular complexity index is 992. The van der Waals surface area contributed by atoms with Crippen molar-refractivity contribution in [1.82, 2.24) is 5.32 Å². The first-order valence-electron chi connectivity index (χ1n) is 8.85. The van der Waals surface area contributed by atoms with Crippen LogP contribution in [-0.2, 0) is 13.1 Å². The first kappa shape index (κ1) is 23.3. The zero-order valence-electron chi connectivity index (χ0n) is 15.8. The third-order valence-corrected chi connectivity index (χ3v) is 4.22. The minimum atomic E-state index is -4.70. The van der Waals surface area contributed by atoms with Crippen molar-refractivity contribution in [3.05, 3.63) is 89.5 Å². The van der Waals surface area contributed by atoms with Gasteiger partial charge in [0, 0.05) is 18.7 Å². The molecule has 0 radical (unpaired) electrons. The summed E-state index contributed by atoms with van der Waals surface area (Å²) in [6, 6.07) is 20.7. The van der Waals surface area contributed by atoms with Crippen molar-refractivity contribution in [3.8, 4) is 16.9 Å².